The normalized spacial score (nSPS) is 26.1. The minimum atomic E-state index is -0.884. The SMILES string of the molecule is Cc1ccc2nc(CO[C@H]3CN(CC4CC4)C[C@H]3F)[nH]c2c1. The van der Waals surface area contributed by atoms with Crippen LogP contribution in [-0.4, -0.2) is 46.8 Å². The number of hydrogen-bond acceptors (Lipinski definition) is 3. The number of likely N-dealkylation sites (tertiary alicyclic amines) is 1. The summed E-state index contributed by atoms with van der Waals surface area (Å²) < 4.78 is 19.9. The Hall–Kier alpha value is -1.46. The first-order valence-electron chi connectivity index (χ1n) is 8.10. The topological polar surface area (TPSA) is 41.1 Å². The molecular weight excluding hydrogens is 281 g/mol. The highest BCUT2D eigenvalue weighted by Gasteiger charge is 2.36. The van der Waals surface area contributed by atoms with Gasteiger partial charge in [0.1, 0.15) is 24.7 Å². The molecule has 0 radical (unpaired) electrons. The molecule has 0 spiro atoms. The molecule has 5 heteroatoms. The number of imidazole rings is 1. The first-order valence-corrected chi connectivity index (χ1v) is 8.10. The Labute approximate surface area is 129 Å². The summed E-state index contributed by atoms with van der Waals surface area (Å²) in [7, 11) is 0. The van der Waals surface area contributed by atoms with Crippen LogP contribution in [0.5, 0.6) is 0 Å². The number of benzene rings is 1. The van der Waals surface area contributed by atoms with Crippen molar-refractivity contribution >= 4 is 11.0 Å². The van der Waals surface area contributed by atoms with Crippen molar-refractivity contribution in [3.05, 3.63) is 29.6 Å². The van der Waals surface area contributed by atoms with Gasteiger partial charge in [-0.15, -0.1) is 0 Å². The molecule has 1 aromatic carbocycles. The lowest BCUT2D eigenvalue weighted by Gasteiger charge is -2.14. The Morgan fingerprint density at radius 2 is 2.23 bits per heavy atom. The van der Waals surface area contributed by atoms with Gasteiger partial charge in [0.25, 0.3) is 0 Å². The third-order valence-electron chi connectivity index (χ3n) is 4.61. The lowest BCUT2D eigenvalue weighted by molar-refractivity contribution is 0.00872. The maximum Gasteiger partial charge on any atom is 0.140 e. The Balaban J connectivity index is 1.36. The number of halogens is 1. The van der Waals surface area contributed by atoms with Gasteiger partial charge in [0.05, 0.1) is 11.0 Å². The van der Waals surface area contributed by atoms with Gasteiger partial charge < -0.3 is 9.72 Å². The zero-order chi connectivity index (χ0) is 15.1. The Kier molecular flexibility index (Phi) is 3.62. The molecule has 1 aliphatic carbocycles. The molecule has 118 valence electrons. The molecule has 2 atom stereocenters. The van der Waals surface area contributed by atoms with E-state index >= 15 is 0 Å². The molecule has 0 unspecified atom stereocenters. The van der Waals surface area contributed by atoms with E-state index in [1.54, 1.807) is 0 Å². The number of rotatable bonds is 5. The number of H-pyrrole nitrogens is 1. The number of aromatic nitrogens is 2. The van der Waals surface area contributed by atoms with Crippen molar-refractivity contribution in [2.45, 2.75) is 38.6 Å². The molecule has 1 saturated carbocycles. The maximum atomic E-state index is 14.1. The predicted octanol–water partition coefficient (Wildman–Crippen LogP) is 2.82. The molecule has 1 aliphatic heterocycles. The summed E-state index contributed by atoms with van der Waals surface area (Å²) in [4.78, 5) is 9.96. The van der Waals surface area contributed by atoms with Crippen LogP contribution in [0.15, 0.2) is 18.2 Å². The first-order chi connectivity index (χ1) is 10.7. The summed E-state index contributed by atoms with van der Waals surface area (Å²) in [6.45, 7) is 4.65. The molecule has 4 nitrogen and oxygen atoms in total. The van der Waals surface area contributed by atoms with Crippen LogP contribution in [0.3, 0.4) is 0 Å². The molecule has 2 aromatic rings. The number of ether oxygens (including phenoxy) is 1. The maximum absolute atomic E-state index is 14.1. The van der Waals surface area contributed by atoms with E-state index in [0.717, 1.165) is 29.3 Å². The van der Waals surface area contributed by atoms with E-state index in [9.17, 15) is 4.39 Å². The number of aryl methyl sites for hydroxylation is 1. The number of alkyl halides is 1. The highest BCUT2D eigenvalue weighted by Crippen LogP contribution is 2.31. The fourth-order valence-electron chi connectivity index (χ4n) is 3.21. The van der Waals surface area contributed by atoms with Crippen molar-refractivity contribution in [1.82, 2.24) is 14.9 Å². The Bertz CT molecular complexity index is 667. The van der Waals surface area contributed by atoms with E-state index in [4.69, 9.17) is 4.74 Å². The fourth-order valence-corrected chi connectivity index (χ4v) is 3.21. The van der Waals surface area contributed by atoms with Gasteiger partial charge in [0.15, 0.2) is 0 Å². The van der Waals surface area contributed by atoms with Crippen molar-refractivity contribution in [3.63, 3.8) is 0 Å². The van der Waals surface area contributed by atoms with Crippen LogP contribution in [-0.2, 0) is 11.3 Å². The van der Waals surface area contributed by atoms with E-state index in [0.29, 0.717) is 19.7 Å². The van der Waals surface area contributed by atoms with Gasteiger partial charge in [-0.1, -0.05) is 6.07 Å². The third kappa shape index (κ3) is 3.01. The van der Waals surface area contributed by atoms with E-state index < -0.39 is 6.17 Å². The van der Waals surface area contributed by atoms with Gasteiger partial charge in [-0.25, -0.2) is 9.37 Å². The standard InChI is InChI=1S/C17H22FN3O/c1-11-2-5-14-15(6-11)20-17(19-14)10-22-16-9-21(8-13(16)18)7-12-3-4-12/h2,5-6,12-13,16H,3-4,7-10H2,1H3,(H,19,20)/t13-,16+/m1/s1. The largest absolute Gasteiger partial charge is 0.366 e. The summed E-state index contributed by atoms with van der Waals surface area (Å²) >= 11 is 0. The summed E-state index contributed by atoms with van der Waals surface area (Å²) in [6, 6.07) is 6.10. The second kappa shape index (κ2) is 5.63. The average Bonchev–Trinajstić information content (AvgIpc) is 3.09. The van der Waals surface area contributed by atoms with E-state index in [-0.39, 0.29) is 6.10 Å². The zero-order valence-corrected chi connectivity index (χ0v) is 12.9. The molecule has 0 amide bonds. The second-order valence-corrected chi connectivity index (χ2v) is 6.73. The van der Waals surface area contributed by atoms with Crippen LogP contribution >= 0.6 is 0 Å². The summed E-state index contributed by atoms with van der Waals surface area (Å²) in [5, 5.41) is 0. The monoisotopic (exact) mass is 303 g/mol. The second-order valence-electron chi connectivity index (χ2n) is 6.73. The molecule has 2 heterocycles. The van der Waals surface area contributed by atoms with E-state index in [1.807, 2.05) is 12.1 Å². The van der Waals surface area contributed by atoms with Crippen LogP contribution in [0, 0.1) is 12.8 Å². The molecular formula is C17H22FN3O. The molecule has 1 N–H and O–H groups in total. The first kappa shape index (κ1) is 14.2. The lowest BCUT2D eigenvalue weighted by atomic mass is 10.2. The lowest BCUT2D eigenvalue weighted by Crippen LogP contribution is -2.25. The Morgan fingerprint density at radius 1 is 1.36 bits per heavy atom. The predicted molar refractivity (Wildman–Crippen MR) is 83.5 cm³/mol. The van der Waals surface area contributed by atoms with Crippen molar-refractivity contribution in [3.8, 4) is 0 Å². The molecule has 2 fully saturated rings. The molecule has 0 bridgehead atoms. The van der Waals surface area contributed by atoms with Crippen molar-refractivity contribution in [2.24, 2.45) is 5.92 Å². The summed E-state index contributed by atoms with van der Waals surface area (Å²) in [5.41, 5.74) is 3.14. The molecule has 2 aliphatic rings. The average molecular weight is 303 g/mol. The fraction of sp³-hybridized carbons (Fsp3) is 0.588. The van der Waals surface area contributed by atoms with Crippen LogP contribution < -0.4 is 0 Å². The highest BCUT2D eigenvalue weighted by molar-refractivity contribution is 5.75. The zero-order valence-electron chi connectivity index (χ0n) is 12.9. The van der Waals surface area contributed by atoms with Gasteiger partial charge in [-0.3, -0.25) is 4.90 Å². The number of nitrogens with one attached hydrogen (secondary N) is 1. The molecule has 22 heavy (non-hydrogen) atoms. The summed E-state index contributed by atoms with van der Waals surface area (Å²) in [5.74, 6) is 1.57. The third-order valence-corrected chi connectivity index (χ3v) is 4.61. The van der Waals surface area contributed by atoms with Crippen molar-refractivity contribution in [2.75, 3.05) is 19.6 Å². The minimum Gasteiger partial charge on any atom is -0.366 e. The van der Waals surface area contributed by atoms with Crippen molar-refractivity contribution < 1.29 is 9.13 Å². The van der Waals surface area contributed by atoms with Gasteiger partial charge in [0.2, 0.25) is 0 Å². The quantitative estimate of drug-likeness (QED) is 0.923. The number of aromatic amines is 1. The van der Waals surface area contributed by atoms with Gasteiger partial charge in [-0.2, -0.15) is 0 Å². The van der Waals surface area contributed by atoms with Gasteiger partial charge >= 0.3 is 0 Å². The van der Waals surface area contributed by atoms with E-state index in [1.165, 1.54) is 18.4 Å². The Morgan fingerprint density at radius 3 is 3.05 bits per heavy atom. The van der Waals surface area contributed by atoms with Gasteiger partial charge in [-0.05, 0) is 43.4 Å². The molecule has 4 rings (SSSR count). The highest BCUT2D eigenvalue weighted by atomic mass is 19.1. The van der Waals surface area contributed by atoms with E-state index in [2.05, 4.69) is 27.9 Å². The summed E-state index contributed by atoms with van der Waals surface area (Å²) in [6.07, 6.45) is 1.40. The minimum absolute atomic E-state index is 0.325. The molecule has 1 aromatic heterocycles. The van der Waals surface area contributed by atoms with Crippen LogP contribution in [0.4, 0.5) is 4.39 Å². The van der Waals surface area contributed by atoms with Crippen molar-refractivity contribution in [1.29, 1.82) is 0 Å². The smallest absolute Gasteiger partial charge is 0.140 e. The number of hydrogen-bond donors (Lipinski definition) is 1. The molecule has 1 saturated heterocycles. The van der Waals surface area contributed by atoms with Crippen LogP contribution in [0.2, 0.25) is 0 Å². The number of nitrogens with zero attached hydrogens (tertiary/aromatic N) is 2. The van der Waals surface area contributed by atoms with Crippen LogP contribution in [0.1, 0.15) is 24.2 Å². The number of fused-ring (bicyclic) bond motifs is 1. The van der Waals surface area contributed by atoms with Gasteiger partial charge in [0, 0.05) is 19.6 Å². The van der Waals surface area contributed by atoms with Crippen LogP contribution in [0.25, 0.3) is 11.0 Å².